The van der Waals surface area contributed by atoms with E-state index < -0.39 is 0 Å². The number of nitrogens with one attached hydrogen (secondary N) is 1. The number of likely N-dealkylation sites (N-methyl/N-ethyl adjacent to an activating group) is 1. The number of nitrogens with zero attached hydrogens (tertiary/aromatic N) is 2. The summed E-state index contributed by atoms with van der Waals surface area (Å²) in [6.07, 6.45) is 4.52. The summed E-state index contributed by atoms with van der Waals surface area (Å²) in [6, 6.07) is 9.07. The molecular formula is C15H21N3S. The Morgan fingerprint density at radius 3 is 2.95 bits per heavy atom. The first kappa shape index (κ1) is 14.2. The second kappa shape index (κ2) is 6.83. The van der Waals surface area contributed by atoms with Crippen LogP contribution in [0, 0.1) is 11.3 Å². The van der Waals surface area contributed by atoms with Gasteiger partial charge in [0.15, 0.2) is 0 Å². The smallest absolute Gasteiger partial charge is 0.103 e. The summed E-state index contributed by atoms with van der Waals surface area (Å²) in [5.74, 6) is 0. The molecule has 0 spiro atoms. The molecule has 19 heavy (non-hydrogen) atoms. The molecule has 1 N–H and O–H groups in total. The monoisotopic (exact) mass is 275 g/mol. The maximum atomic E-state index is 9.43. The van der Waals surface area contributed by atoms with E-state index in [9.17, 15) is 5.26 Å². The van der Waals surface area contributed by atoms with Gasteiger partial charge in [0.2, 0.25) is 0 Å². The molecule has 3 nitrogen and oxygen atoms in total. The molecule has 1 unspecified atom stereocenters. The number of rotatable bonds is 5. The van der Waals surface area contributed by atoms with Crippen LogP contribution in [-0.2, 0) is 0 Å². The number of hydrogen-bond acceptors (Lipinski definition) is 4. The van der Waals surface area contributed by atoms with Crippen LogP contribution >= 0.6 is 11.8 Å². The van der Waals surface area contributed by atoms with Crippen LogP contribution in [-0.4, -0.2) is 31.9 Å². The van der Waals surface area contributed by atoms with Gasteiger partial charge in [-0.25, -0.2) is 0 Å². The zero-order valence-electron chi connectivity index (χ0n) is 11.6. The summed E-state index contributed by atoms with van der Waals surface area (Å²) >= 11 is 1.64. The Kier molecular flexibility index (Phi) is 5.12. The quantitative estimate of drug-likeness (QED) is 0.839. The largest absolute Gasteiger partial charge is 0.369 e. The molecule has 4 heteroatoms. The Morgan fingerprint density at radius 1 is 1.53 bits per heavy atom. The molecule has 1 aromatic carbocycles. The summed E-state index contributed by atoms with van der Waals surface area (Å²) < 4.78 is 0. The Bertz CT molecular complexity index is 461. The molecule has 0 aromatic heterocycles. The van der Waals surface area contributed by atoms with Crippen LogP contribution < -0.4 is 10.2 Å². The van der Waals surface area contributed by atoms with Crippen LogP contribution in [0.15, 0.2) is 23.1 Å². The molecular weight excluding hydrogens is 254 g/mol. The number of nitriles is 1. The molecule has 1 atom stereocenters. The topological polar surface area (TPSA) is 39.1 Å². The zero-order valence-corrected chi connectivity index (χ0v) is 12.5. The van der Waals surface area contributed by atoms with Gasteiger partial charge in [-0.05, 0) is 44.7 Å². The summed E-state index contributed by atoms with van der Waals surface area (Å²) in [5.41, 5.74) is 1.89. The summed E-state index contributed by atoms with van der Waals surface area (Å²) in [4.78, 5) is 3.39. The van der Waals surface area contributed by atoms with Crippen LogP contribution in [0.2, 0.25) is 0 Å². The lowest BCUT2D eigenvalue weighted by atomic mass is 10.1. The maximum Gasteiger partial charge on any atom is 0.103 e. The van der Waals surface area contributed by atoms with Gasteiger partial charge in [0.25, 0.3) is 0 Å². The van der Waals surface area contributed by atoms with Crippen molar-refractivity contribution in [3.8, 4) is 6.07 Å². The molecule has 1 heterocycles. The maximum absolute atomic E-state index is 9.43. The number of thioether (sulfide) groups is 1. The lowest BCUT2D eigenvalue weighted by molar-refractivity contribution is 0.586. The molecule has 0 aliphatic carbocycles. The van der Waals surface area contributed by atoms with Crippen molar-refractivity contribution in [3.63, 3.8) is 0 Å². The van der Waals surface area contributed by atoms with Crippen molar-refractivity contribution < 1.29 is 0 Å². The van der Waals surface area contributed by atoms with Crippen molar-refractivity contribution in [2.24, 2.45) is 0 Å². The normalized spacial score (nSPS) is 18.3. The Hall–Kier alpha value is -1.18. The van der Waals surface area contributed by atoms with Crippen molar-refractivity contribution in [2.45, 2.75) is 30.7 Å². The molecule has 1 saturated heterocycles. The molecule has 0 radical (unpaired) electrons. The van der Waals surface area contributed by atoms with E-state index in [1.807, 2.05) is 18.4 Å². The van der Waals surface area contributed by atoms with E-state index in [-0.39, 0.29) is 0 Å². The van der Waals surface area contributed by atoms with Gasteiger partial charge >= 0.3 is 0 Å². The molecule has 1 aliphatic rings. The third kappa shape index (κ3) is 3.23. The van der Waals surface area contributed by atoms with Gasteiger partial charge in [-0.15, -0.1) is 11.8 Å². The van der Waals surface area contributed by atoms with E-state index in [1.165, 1.54) is 12.8 Å². The SMILES string of the molecule is CCN(CC1CCCN1)c1cccc(SC)c1C#N. The van der Waals surface area contributed by atoms with Crippen molar-refractivity contribution in [2.75, 3.05) is 30.8 Å². The van der Waals surface area contributed by atoms with Gasteiger partial charge in [0.1, 0.15) is 6.07 Å². The van der Waals surface area contributed by atoms with Crippen LogP contribution in [0.1, 0.15) is 25.3 Å². The number of anilines is 1. The molecule has 102 valence electrons. The lowest BCUT2D eigenvalue weighted by Gasteiger charge is -2.28. The van der Waals surface area contributed by atoms with Crippen molar-refractivity contribution in [1.82, 2.24) is 5.32 Å². The summed E-state index contributed by atoms with van der Waals surface area (Å²) in [6.45, 7) is 5.20. The summed E-state index contributed by atoms with van der Waals surface area (Å²) in [7, 11) is 0. The van der Waals surface area contributed by atoms with E-state index in [0.29, 0.717) is 6.04 Å². The highest BCUT2D eigenvalue weighted by Gasteiger charge is 2.19. The van der Waals surface area contributed by atoms with E-state index in [0.717, 1.165) is 35.8 Å². The average Bonchev–Trinajstić information content (AvgIpc) is 2.96. The van der Waals surface area contributed by atoms with Crippen LogP contribution in [0.25, 0.3) is 0 Å². The minimum absolute atomic E-state index is 0.560. The Morgan fingerprint density at radius 2 is 2.37 bits per heavy atom. The predicted octanol–water partition coefficient (Wildman–Crippen LogP) is 2.86. The highest BCUT2D eigenvalue weighted by atomic mass is 32.2. The third-order valence-corrected chi connectivity index (χ3v) is 4.44. The van der Waals surface area contributed by atoms with Gasteiger partial charge in [-0.1, -0.05) is 6.07 Å². The first-order chi connectivity index (χ1) is 9.30. The average molecular weight is 275 g/mol. The predicted molar refractivity (Wildman–Crippen MR) is 81.8 cm³/mol. The fourth-order valence-corrected chi connectivity index (χ4v) is 3.21. The molecule has 0 saturated carbocycles. The molecule has 2 rings (SSSR count). The van der Waals surface area contributed by atoms with Crippen LogP contribution in [0.4, 0.5) is 5.69 Å². The lowest BCUT2D eigenvalue weighted by Crippen LogP contribution is -2.37. The van der Waals surface area contributed by atoms with E-state index in [1.54, 1.807) is 11.8 Å². The molecule has 0 amide bonds. The van der Waals surface area contributed by atoms with Gasteiger partial charge in [-0.2, -0.15) is 5.26 Å². The fourth-order valence-electron chi connectivity index (χ4n) is 2.64. The third-order valence-electron chi connectivity index (χ3n) is 3.66. The molecule has 1 aliphatic heterocycles. The van der Waals surface area contributed by atoms with E-state index >= 15 is 0 Å². The van der Waals surface area contributed by atoms with Crippen LogP contribution in [0.5, 0.6) is 0 Å². The summed E-state index contributed by atoms with van der Waals surface area (Å²) in [5, 5.41) is 13.0. The van der Waals surface area contributed by atoms with Crippen molar-refractivity contribution >= 4 is 17.4 Å². The standard InChI is InChI=1S/C15H21N3S/c1-3-18(11-12-6-5-9-17-12)14-7-4-8-15(19-2)13(14)10-16/h4,7-8,12,17H,3,5-6,9,11H2,1-2H3. The van der Waals surface area contributed by atoms with Gasteiger partial charge in [0, 0.05) is 24.0 Å². The van der Waals surface area contributed by atoms with Crippen molar-refractivity contribution in [1.29, 1.82) is 5.26 Å². The minimum Gasteiger partial charge on any atom is -0.369 e. The highest BCUT2D eigenvalue weighted by molar-refractivity contribution is 7.98. The van der Waals surface area contributed by atoms with E-state index in [4.69, 9.17) is 0 Å². The molecule has 1 fully saturated rings. The second-order valence-corrected chi connectivity index (χ2v) is 5.65. The zero-order chi connectivity index (χ0) is 13.7. The second-order valence-electron chi connectivity index (χ2n) is 4.80. The van der Waals surface area contributed by atoms with Crippen molar-refractivity contribution in [3.05, 3.63) is 23.8 Å². The Labute approximate surface area is 120 Å². The van der Waals surface area contributed by atoms with E-state index in [2.05, 4.69) is 29.3 Å². The number of hydrogen-bond donors (Lipinski definition) is 1. The molecule has 0 bridgehead atoms. The van der Waals surface area contributed by atoms with Gasteiger partial charge in [0.05, 0.1) is 11.3 Å². The fraction of sp³-hybridized carbons (Fsp3) is 0.533. The number of benzene rings is 1. The first-order valence-electron chi connectivity index (χ1n) is 6.85. The first-order valence-corrected chi connectivity index (χ1v) is 8.08. The van der Waals surface area contributed by atoms with Gasteiger partial charge < -0.3 is 10.2 Å². The Balaban J connectivity index is 2.24. The highest BCUT2D eigenvalue weighted by Crippen LogP contribution is 2.29. The van der Waals surface area contributed by atoms with Crippen LogP contribution in [0.3, 0.4) is 0 Å². The molecule has 1 aromatic rings. The minimum atomic E-state index is 0.560. The van der Waals surface area contributed by atoms with Gasteiger partial charge in [-0.3, -0.25) is 0 Å².